The van der Waals surface area contributed by atoms with E-state index in [-0.39, 0.29) is 11.7 Å². The Morgan fingerprint density at radius 3 is 2.75 bits per heavy atom. The van der Waals surface area contributed by atoms with Gasteiger partial charge < -0.3 is 4.74 Å². The highest BCUT2D eigenvalue weighted by Crippen LogP contribution is 2.15. The van der Waals surface area contributed by atoms with Gasteiger partial charge >= 0.3 is 0 Å². The summed E-state index contributed by atoms with van der Waals surface area (Å²) in [6.07, 6.45) is 1.37. The first-order valence-corrected chi connectivity index (χ1v) is 6.78. The number of benzene rings is 1. The van der Waals surface area contributed by atoms with Gasteiger partial charge in [-0.05, 0) is 36.4 Å². The van der Waals surface area contributed by atoms with Crippen molar-refractivity contribution in [3.63, 3.8) is 0 Å². The number of thiophene rings is 1. The lowest BCUT2D eigenvalue weighted by Crippen LogP contribution is -2.24. The van der Waals surface area contributed by atoms with E-state index in [9.17, 15) is 9.18 Å². The second kappa shape index (κ2) is 7.02. The average Bonchev–Trinajstić information content (AvgIpc) is 2.84. The van der Waals surface area contributed by atoms with Gasteiger partial charge in [-0.15, -0.1) is 11.3 Å². The fourth-order valence-electron chi connectivity index (χ4n) is 1.28. The first kappa shape index (κ1) is 14.5. The minimum absolute atomic E-state index is 0.169. The number of carbonyl (C=O) groups is 1. The molecule has 0 aliphatic heterocycles. The number of halogens is 2. The van der Waals surface area contributed by atoms with Crippen LogP contribution in [0, 0.1) is 5.13 Å². The third-order valence-electron chi connectivity index (χ3n) is 2.16. The van der Waals surface area contributed by atoms with Gasteiger partial charge in [0.05, 0.1) is 11.1 Å². The van der Waals surface area contributed by atoms with Crippen LogP contribution in [-0.2, 0) is 4.79 Å². The van der Waals surface area contributed by atoms with Crippen LogP contribution in [0.3, 0.4) is 0 Å². The molecule has 0 unspecified atom stereocenters. The molecule has 0 saturated heterocycles. The largest absolute Gasteiger partial charge is 0.484 e. The number of hydrazone groups is 1. The second-order valence-electron chi connectivity index (χ2n) is 3.68. The van der Waals surface area contributed by atoms with Gasteiger partial charge in [-0.1, -0.05) is 11.6 Å². The summed E-state index contributed by atoms with van der Waals surface area (Å²) in [7, 11) is 0. The molecule has 1 aromatic heterocycles. The van der Waals surface area contributed by atoms with Gasteiger partial charge in [0.25, 0.3) is 5.91 Å². The lowest BCUT2D eigenvalue weighted by Gasteiger charge is -2.04. The van der Waals surface area contributed by atoms with Crippen LogP contribution in [0.1, 0.15) is 4.88 Å². The van der Waals surface area contributed by atoms with Gasteiger partial charge in [0.1, 0.15) is 5.75 Å². The number of amides is 1. The lowest BCUT2D eigenvalue weighted by atomic mass is 10.3. The molecule has 0 spiro atoms. The number of rotatable bonds is 5. The van der Waals surface area contributed by atoms with Crippen molar-refractivity contribution >= 4 is 35.1 Å². The Hall–Kier alpha value is -1.92. The quantitative estimate of drug-likeness (QED) is 0.681. The summed E-state index contributed by atoms with van der Waals surface area (Å²) in [4.78, 5) is 12.0. The van der Waals surface area contributed by atoms with Crippen molar-refractivity contribution in [3.8, 4) is 5.75 Å². The van der Waals surface area contributed by atoms with E-state index in [0.29, 0.717) is 15.6 Å². The van der Waals surface area contributed by atoms with Gasteiger partial charge in [-0.3, -0.25) is 4.79 Å². The lowest BCUT2D eigenvalue weighted by molar-refractivity contribution is -0.123. The summed E-state index contributed by atoms with van der Waals surface area (Å²) in [6.45, 7) is -0.169. The molecule has 20 heavy (non-hydrogen) atoms. The molecule has 104 valence electrons. The van der Waals surface area contributed by atoms with Crippen molar-refractivity contribution in [2.24, 2.45) is 5.10 Å². The van der Waals surface area contributed by atoms with Crippen LogP contribution in [-0.4, -0.2) is 18.7 Å². The van der Waals surface area contributed by atoms with Crippen LogP contribution in [0.4, 0.5) is 4.39 Å². The summed E-state index contributed by atoms with van der Waals surface area (Å²) in [5, 5.41) is 3.99. The maximum absolute atomic E-state index is 12.7. The Morgan fingerprint density at radius 1 is 1.35 bits per heavy atom. The van der Waals surface area contributed by atoms with E-state index in [1.165, 1.54) is 12.3 Å². The van der Waals surface area contributed by atoms with Crippen LogP contribution in [0.2, 0.25) is 5.02 Å². The highest BCUT2D eigenvalue weighted by molar-refractivity contribution is 7.12. The zero-order valence-electron chi connectivity index (χ0n) is 10.2. The Bertz CT molecular complexity index is 613. The Morgan fingerprint density at radius 2 is 2.10 bits per heavy atom. The molecule has 2 aromatic rings. The number of nitrogens with one attached hydrogen (secondary N) is 1. The Kier molecular flexibility index (Phi) is 5.09. The summed E-state index contributed by atoms with van der Waals surface area (Å²) < 4.78 is 17.9. The third kappa shape index (κ3) is 4.64. The van der Waals surface area contributed by atoms with Crippen molar-refractivity contribution in [2.45, 2.75) is 0 Å². The van der Waals surface area contributed by atoms with Crippen molar-refractivity contribution < 1.29 is 13.9 Å². The first-order valence-electron chi connectivity index (χ1n) is 5.59. The zero-order chi connectivity index (χ0) is 14.4. The molecule has 0 bridgehead atoms. The minimum atomic E-state index is -0.409. The Balaban J connectivity index is 1.75. The van der Waals surface area contributed by atoms with Gasteiger partial charge in [0, 0.05) is 5.02 Å². The molecule has 1 aromatic carbocycles. The topological polar surface area (TPSA) is 50.7 Å². The summed E-state index contributed by atoms with van der Waals surface area (Å²) in [6, 6.07) is 9.55. The fraction of sp³-hybridized carbons (Fsp3) is 0.0769. The van der Waals surface area contributed by atoms with Crippen molar-refractivity contribution in [1.29, 1.82) is 0 Å². The molecule has 0 saturated carbocycles. The first-order chi connectivity index (χ1) is 9.63. The van der Waals surface area contributed by atoms with Gasteiger partial charge in [-0.25, -0.2) is 5.43 Å². The van der Waals surface area contributed by atoms with Crippen molar-refractivity contribution in [1.82, 2.24) is 5.43 Å². The van der Waals surface area contributed by atoms with Crippen molar-refractivity contribution in [2.75, 3.05) is 6.61 Å². The highest BCUT2D eigenvalue weighted by Gasteiger charge is 2.01. The van der Waals surface area contributed by atoms with E-state index in [1.54, 1.807) is 30.3 Å². The van der Waals surface area contributed by atoms with E-state index in [2.05, 4.69) is 10.5 Å². The molecular formula is C13H10ClFN2O2S. The Labute approximate surface area is 123 Å². The van der Waals surface area contributed by atoms with Crippen LogP contribution in [0.15, 0.2) is 41.5 Å². The highest BCUT2D eigenvalue weighted by atomic mass is 35.5. The third-order valence-corrected chi connectivity index (χ3v) is 3.22. The van der Waals surface area contributed by atoms with Crippen LogP contribution in [0.25, 0.3) is 0 Å². The monoisotopic (exact) mass is 312 g/mol. The molecule has 0 radical (unpaired) electrons. The molecule has 7 heteroatoms. The molecule has 2 rings (SSSR count). The molecule has 0 atom stereocenters. The van der Waals surface area contributed by atoms with Gasteiger partial charge in [0.2, 0.25) is 0 Å². The summed E-state index contributed by atoms with van der Waals surface area (Å²) >= 11 is 6.66. The van der Waals surface area contributed by atoms with E-state index >= 15 is 0 Å². The van der Waals surface area contributed by atoms with E-state index in [4.69, 9.17) is 16.3 Å². The van der Waals surface area contributed by atoms with Crippen LogP contribution >= 0.6 is 22.9 Å². The fourth-order valence-corrected chi connectivity index (χ4v) is 2.01. The molecule has 4 nitrogen and oxygen atoms in total. The molecule has 0 fully saturated rings. The van der Waals surface area contributed by atoms with E-state index < -0.39 is 5.91 Å². The van der Waals surface area contributed by atoms with Crippen LogP contribution in [0.5, 0.6) is 5.75 Å². The summed E-state index contributed by atoms with van der Waals surface area (Å²) in [5.74, 6) is 0.127. The number of nitrogens with zero attached hydrogens (tertiary/aromatic N) is 1. The molecule has 0 aliphatic rings. The number of carbonyl (C=O) groups excluding carboxylic acids is 1. The second-order valence-corrected chi connectivity index (χ2v) is 5.18. The minimum Gasteiger partial charge on any atom is -0.484 e. The predicted octanol–water partition coefficient (Wildman–Crippen LogP) is 3.07. The molecule has 1 amide bonds. The number of hydrogen-bond donors (Lipinski definition) is 1. The molecular weight excluding hydrogens is 303 g/mol. The SMILES string of the molecule is O=C(COc1ccc(Cl)cc1)N/N=C\c1ccc(F)s1. The molecule has 1 N–H and O–H groups in total. The predicted molar refractivity (Wildman–Crippen MR) is 77.0 cm³/mol. The van der Waals surface area contributed by atoms with E-state index in [0.717, 1.165) is 11.3 Å². The summed E-state index contributed by atoms with van der Waals surface area (Å²) in [5.41, 5.74) is 2.29. The van der Waals surface area contributed by atoms with Gasteiger partial charge in [-0.2, -0.15) is 9.49 Å². The number of ether oxygens (including phenoxy) is 1. The normalized spacial score (nSPS) is 10.7. The maximum Gasteiger partial charge on any atom is 0.277 e. The van der Waals surface area contributed by atoms with Crippen molar-refractivity contribution in [3.05, 3.63) is 51.4 Å². The zero-order valence-corrected chi connectivity index (χ0v) is 11.7. The molecule has 1 heterocycles. The van der Waals surface area contributed by atoms with Crippen LogP contribution < -0.4 is 10.2 Å². The van der Waals surface area contributed by atoms with E-state index in [1.807, 2.05) is 0 Å². The molecule has 0 aliphatic carbocycles. The number of hydrogen-bond acceptors (Lipinski definition) is 4. The smallest absolute Gasteiger partial charge is 0.277 e. The van der Waals surface area contributed by atoms with Gasteiger partial charge in [0.15, 0.2) is 11.7 Å². The maximum atomic E-state index is 12.7. The standard InChI is InChI=1S/C13H10ClFN2O2S/c14-9-1-3-10(4-2-9)19-8-13(18)17-16-7-11-5-6-12(15)20-11/h1-7H,8H2,(H,17,18)/b16-7-. The average molecular weight is 313 g/mol.